The van der Waals surface area contributed by atoms with Crippen molar-refractivity contribution in [3.63, 3.8) is 0 Å². The molecule has 0 spiro atoms. The van der Waals surface area contributed by atoms with Crippen LogP contribution < -0.4 is 22.1 Å². The van der Waals surface area contributed by atoms with E-state index in [0.717, 1.165) is 0 Å². The lowest BCUT2D eigenvalue weighted by atomic mass is 10.1. The molecule has 0 aliphatic carbocycles. The summed E-state index contributed by atoms with van der Waals surface area (Å²) in [7, 11) is 0. The number of amides is 4. The standard InChI is InChI=1S/C26H30N4O9/c27-21(31)13-11-19(29-25(35)37-15-17-7-3-1-4-8-17)23(33)39-24(34)20(12-14-22(28)32)30-26(36)38-16-18-9-5-2-6-10-18/h1-10,19-20H,11-16H2,(H2,27,31)(H2,28,32)(H,29,35)(H,30,36). The molecule has 0 bridgehead atoms. The van der Waals surface area contributed by atoms with E-state index in [0.29, 0.717) is 11.1 Å². The third kappa shape index (κ3) is 12.2. The van der Waals surface area contributed by atoms with Gasteiger partial charge in [-0.3, -0.25) is 9.59 Å². The molecule has 0 aliphatic rings. The monoisotopic (exact) mass is 542 g/mol. The van der Waals surface area contributed by atoms with E-state index in [4.69, 9.17) is 25.7 Å². The maximum atomic E-state index is 12.7. The number of rotatable bonds is 14. The Morgan fingerprint density at radius 3 is 1.31 bits per heavy atom. The second-order valence-electron chi connectivity index (χ2n) is 8.27. The van der Waals surface area contributed by atoms with Crippen LogP contribution in [-0.4, -0.2) is 48.0 Å². The van der Waals surface area contributed by atoms with E-state index >= 15 is 0 Å². The number of hydrogen-bond donors (Lipinski definition) is 4. The van der Waals surface area contributed by atoms with Crippen molar-refractivity contribution in [1.29, 1.82) is 0 Å². The van der Waals surface area contributed by atoms with Gasteiger partial charge in [0.15, 0.2) is 0 Å². The van der Waals surface area contributed by atoms with Crippen LogP contribution in [0.4, 0.5) is 9.59 Å². The number of nitrogens with one attached hydrogen (secondary N) is 2. The van der Waals surface area contributed by atoms with E-state index in [9.17, 15) is 28.8 Å². The predicted molar refractivity (Wildman–Crippen MR) is 135 cm³/mol. The lowest BCUT2D eigenvalue weighted by Crippen LogP contribution is -2.47. The highest BCUT2D eigenvalue weighted by molar-refractivity contribution is 5.94. The first kappa shape index (κ1) is 30.3. The summed E-state index contributed by atoms with van der Waals surface area (Å²) < 4.78 is 15.0. The van der Waals surface area contributed by atoms with Crippen molar-refractivity contribution in [3.05, 3.63) is 71.8 Å². The van der Waals surface area contributed by atoms with Gasteiger partial charge in [-0.05, 0) is 24.0 Å². The molecule has 39 heavy (non-hydrogen) atoms. The zero-order valence-electron chi connectivity index (χ0n) is 21.0. The molecule has 208 valence electrons. The van der Waals surface area contributed by atoms with Crippen molar-refractivity contribution >= 4 is 35.9 Å². The molecule has 0 aliphatic heterocycles. The molecule has 13 heteroatoms. The van der Waals surface area contributed by atoms with Crippen molar-refractivity contribution in [3.8, 4) is 0 Å². The minimum atomic E-state index is -1.48. The smallest absolute Gasteiger partial charge is 0.408 e. The molecule has 6 N–H and O–H groups in total. The Balaban J connectivity index is 2.00. The summed E-state index contributed by atoms with van der Waals surface area (Å²) >= 11 is 0. The van der Waals surface area contributed by atoms with Gasteiger partial charge in [0, 0.05) is 12.8 Å². The normalized spacial score (nSPS) is 11.8. The summed E-state index contributed by atoms with van der Waals surface area (Å²) in [5.74, 6) is -4.00. The number of ether oxygens (including phenoxy) is 3. The maximum absolute atomic E-state index is 12.7. The van der Waals surface area contributed by atoms with Crippen LogP contribution in [0.2, 0.25) is 0 Å². The molecule has 2 aromatic rings. The van der Waals surface area contributed by atoms with E-state index < -0.39 is 48.0 Å². The number of carbonyl (C=O) groups is 6. The summed E-state index contributed by atoms with van der Waals surface area (Å²) in [5, 5.41) is 4.47. The van der Waals surface area contributed by atoms with E-state index in [-0.39, 0.29) is 38.9 Å². The van der Waals surface area contributed by atoms with Crippen LogP contribution in [0.1, 0.15) is 36.8 Å². The number of hydrogen-bond acceptors (Lipinski definition) is 9. The number of primary amides is 2. The summed E-state index contributed by atoms with van der Waals surface area (Å²) in [6, 6.07) is 14.5. The number of carbonyl (C=O) groups excluding carboxylic acids is 6. The number of alkyl carbamates (subject to hydrolysis) is 2. The second kappa shape index (κ2) is 16.0. The van der Waals surface area contributed by atoms with Gasteiger partial charge >= 0.3 is 24.1 Å². The van der Waals surface area contributed by atoms with Crippen LogP contribution in [0.15, 0.2) is 60.7 Å². The fourth-order valence-corrected chi connectivity index (χ4v) is 3.13. The quantitative estimate of drug-likeness (QED) is 0.153. The SMILES string of the molecule is NC(=O)CCC(NC(=O)OCc1ccccc1)C(=O)OC(=O)C(CCC(N)=O)NC(=O)OCc1ccccc1. The Kier molecular flexibility index (Phi) is 12.4. The highest BCUT2D eigenvalue weighted by Crippen LogP contribution is 2.08. The van der Waals surface area contributed by atoms with Crippen molar-refractivity contribution < 1.29 is 43.0 Å². The molecule has 13 nitrogen and oxygen atoms in total. The summed E-state index contributed by atoms with van der Waals surface area (Å²) in [4.78, 5) is 72.4. The molecule has 2 atom stereocenters. The van der Waals surface area contributed by atoms with Gasteiger partial charge in [0.2, 0.25) is 11.8 Å². The summed E-state index contributed by atoms with van der Waals surface area (Å²) in [6.45, 7) is -0.208. The third-order valence-corrected chi connectivity index (χ3v) is 5.14. The summed E-state index contributed by atoms with van der Waals surface area (Å²) in [6.07, 6.45) is -3.23. The van der Waals surface area contributed by atoms with Gasteiger partial charge in [-0.15, -0.1) is 0 Å². The average molecular weight is 543 g/mol. The largest absolute Gasteiger partial charge is 0.445 e. The van der Waals surface area contributed by atoms with Crippen LogP contribution in [0.25, 0.3) is 0 Å². The summed E-state index contributed by atoms with van der Waals surface area (Å²) in [5.41, 5.74) is 11.6. The lowest BCUT2D eigenvalue weighted by Gasteiger charge is -2.20. The first-order valence-corrected chi connectivity index (χ1v) is 11.9. The Hall–Kier alpha value is -4.94. The number of benzene rings is 2. The molecule has 2 rings (SSSR count). The topological polar surface area (TPSA) is 206 Å². The Bertz CT molecular complexity index is 1050. The van der Waals surface area contributed by atoms with Gasteiger partial charge in [0.05, 0.1) is 0 Å². The zero-order valence-corrected chi connectivity index (χ0v) is 21.0. The van der Waals surface area contributed by atoms with E-state index in [1.807, 2.05) is 0 Å². The van der Waals surface area contributed by atoms with Crippen LogP contribution in [-0.2, 0) is 46.6 Å². The molecule has 0 heterocycles. The fourth-order valence-electron chi connectivity index (χ4n) is 3.13. The minimum Gasteiger partial charge on any atom is -0.445 e. The molecule has 2 unspecified atom stereocenters. The molecular formula is C26H30N4O9. The molecular weight excluding hydrogens is 512 g/mol. The van der Waals surface area contributed by atoms with E-state index in [1.54, 1.807) is 60.7 Å². The van der Waals surface area contributed by atoms with Crippen LogP contribution in [0.3, 0.4) is 0 Å². The van der Waals surface area contributed by atoms with Crippen molar-refractivity contribution in [1.82, 2.24) is 10.6 Å². The fraction of sp³-hybridized carbons (Fsp3) is 0.308. The third-order valence-electron chi connectivity index (χ3n) is 5.14. The Morgan fingerprint density at radius 1 is 0.615 bits per heavy atom. The Morgan fingerprint density at radius 2 is 0.974 bits per heavy atom. The van der Waals surface area contributed by atoms with Gasteiger partial charge in [-0.1, -0.05) is 60.7 Å². The second-order valence-corrected chi connectivity index (χ2v) is 8.27. The van der Waals surface area contributed by atoms with Crippen molar-refractivity contribution in [2.75, 3.05) is 0 Å². The predicted octanol–water partition coefficient (Wildman–Crippen LogP) is 1.18. The highest BCUT2D eigenvalue weighted by atomic mass is 16.6. The zero-order chi connectivity index (χ0) is 28.6. The maximum Gasteiger partial charge on any atom is 0.408 e. The van der Waals surface area contributed by atoms with E-state index in [2.05, 4.69) is 10.6 Å². The van der Waals surface area contributed by atoms with Crippen molar-refractivity contribution in [2.24, 2.45) is 11.5 Å². The molecule has 0 aromatic heterocycles. The van der Waals surface area contributed by atoms with Crippen LogP contribution >= 0.6 is 0 Å². The van der Waals surface area contributed by atoms with Gasteiger partial charge in [0.1, 0.15) is 25.3 Å². The molecule has 0 saturated carbocycles. The van der Waals surface area contributed by atoms with Gasteiger partial charge in [-0.2, -0.15) is 0 Å². The Labute approximate surface area is 224 Å². The van der Waals surface area contributed by atoms with Crippen molar-refractivity contribution in [2.45, 2.75) is 51.0 Å². The highest BCUT2D eigenvalue weighted by Gasteiger charge is 2.30. The number of nitrogens with two attached hydrogens (primary N) is 2. The number of esters is 2. The first-order valence-electron chi connectivity index (χ1n) is 11.9. The van der Waals surface area contributed by atoms with Gasteiger partial charge in [-0.25, -0.2) is 19.2 Å². The molecule has 4 amide bonds. The molecule has 0 radical (unpaired) electrons. The molecule has 0 fully saturated rings. The molecule has 0 saturated heterocycles. The van der Waals surface area contributed by atoms with E-state index in [1.165, 1.54) is 0 Å². The average Bonchev–Trinajstić information content (AvgIpc) is 2.91. The molecule has 2 aromatic carbocycles. The van der Waals surface area contributed by atoms with Crippen LogP contribution in [0, 0.1) is 0 Å². The minimum absolute atomic E-state index is 0.104. The lowest BCUT2D eigenvalue weighted by molar-refractivity contribution is -0.162. The van der Waals surface area contributed by atoms with Crippen LogP contribution in [0.5, 0.6) is 0 Å². The van der Waals surface area contributed by atoms with Gasteiger partial charge < -0.3 is 36.3 Å². The first-order chi connectivity index (χ1) is 18.6. The van der Waals surface area contributed by atoms with Gasteiger partial charge in [0.25, 0.3) is 0 Å².